The molecule has 0 radical (unpaired) electrons. The van der Waals surface area contributed by atoms with Crippen LogP contribution in [0.25, 0.3) is 11.1 Å². The van der Waals surface area contributed by atoms with E-state index in [0.717, 1.165) is 12.1 Å². The normalized spacial score (nSPS) is 10.5. The molecule has 0 heterocycles. The molecule has 0 bridgehead atoms. The second kappa shape index (κ2) is 6.93. The Balaban J connectivity index is 2.23. The van der Waals surface area contributed by atoms with Crippen LogP contribution in [0.3, 0.4) is 0 Å². The number of hydrogen-bond donors (Lipinski definition) is 1. The van der Waals surface area contributed by atoms with E-state index >= 15 is 0 Å². The van der Waals surface area contributed by atoms with Gasteiger partial charge in [-0.25, -0.2) is 8.78 Å². The first-order chi connectivity index (χ1) is 10.5. The second-order valence-corrected chi connectivity index (χ2v) is 4.85. The van der Waals surface area contributed by atoms with Crippen LogP contribution in [0.2, 0.25) is 0 Å². The summed E-state index contributed by atoms with van der Waals surface area (Å²) in [7, 11) is 0. The van der Waals surface area contributed by atoms with Gasteiger partial charge in [-0.2, -0.15) is 0 Å². The summed E-state index contributed by atoms with van der Waals surface area (Å²) < 4.78 is 27.5. The molecule has 2 aromatic carbocycles. The number of carbonyl (C=O) groups excluding carboxylic acids is 1. The maximum absolute atomic E-state index is 13.8. The van der Waals surface area contributed by atoms with Gasteiger partial charge >= 0.3 is 5.97 Å². The van der Waals surface area contributed by atoms with Crippen molar-refractivity contribution in [2.24, 2.45) is 0 Å². The quantitative estimate of drug-likeness (QED) is 0.818. The molecule has 2 aromatic rings. The van der Waals surface area contributed by atoms with E-state index in [9.17, 15) is 18.4 Å². The largest absolute Gasteiger partial charge is 0.481 e. The van der Waals surface area contributed by atoms with Crippen LogP contribution in [-0.4, -0.2) is 16.9 Å². The monoisotopic (exact) mass is 304 g/mol. The number of carbonyl (C=O) groups is 2. The zero-order valence-corrected chi connectivity index (χ0v) is 11.7. The van der Waals surface area contributed by atoms with Crippen LogP contribution >= 0.6 is 0 Å². The third kappa shape index (κ3) is 3.75. The second-order valence-electron chi connectivity index (χ2n) is 4.85. The first-order valence-electron chi connectivity index (χ1n) is 6.78. The highest BCUT2D eigenvalue weighted by molar-refractivity contribution is 5.97. The molecule has 0 saturated heterocycles. The van der Waals surface area contributed by atoms with Crippen LogP contribution in [-0.2, 0) is 4.79 Å². The number of carboxylic acids is 1. The zero-order valence-electron chi connectivity index (χ0n) is 11.7. The highest BCUT2D eigenvalue weighted by Crippen LogP contribution is 2.27. The van der Waals surface area contributed by atoms with Gasteiger partial charge in [-0.3, -0.25) is 9.59 Å². The molecule has 0 saturated carbocycles. The van der Waals surface area contributed by atoms with Crippen molar-refractivity contribution in [3.05, 3.63) is 59.7 Å². The molecule has 0 fully saturated rings. The van der Waals surface area contributed by atoms with Crippen molar-refractivity contribution in [1.29, 1.82) is 0 Å². The summed E-state index contributed by atoms with van der Waals surface area (Å²) in [6.07, 6.45) is 0.218. The van der Waals surface area contributed by atoms with Crippen molar-refractivity contribution in [2.45, 2.75) is 19.3 Å². The van der Waals surface area contributed by atoms with E-state index < -0.39 is 17.6 Å². The lowest BCUT2D eigenvalue weighted by atomic mass is 9.98. The fourth-order valence-corrected chi connectivity index (χ4v) is 2.17. The lowest BCUT2D eigenvalue weighted by Gasteiger charge is -2.07. The standard InChI is InChI=1S/C17H14F2O3/c18-13-6-2-7-14(19)17(13)12-5-1-4-11(10-12)15(20)8-3-9-16(21)22/h1-2,4-7,10H,3,8-9H2,(H,21,22). The highest BCUT2D eigenvalue weighted by Gasteiger charge is 2.13. The molecule has 0 unspecified atom stereocenters. The average Bonchev–Trinajstić information content (AvgIpc) is 2.47. The number of rotatable bonds is 6. The Morgan fingerprint density at radius 2 is 1.59 bits per heavy atom. The Kier molecular flexibility index (Phi) is 4.99. The number of Topliss-reactive ketones (excluding diaryl/α,β-unsaturated/α-hetero) is 1. The van der Waals surface area contributed by atoms with Gasteiger partial charge < -0.3 is 5.11 Å². The Hall–Kier alpha value is -2.56. The van der Waals surface area contributed by atoms with Gasteiger partial charge in [0, 0.05) is 18.4 Å². The number of hydrogen-bond acceptors (Lipinski definition) is 2. The summed E-state index contributed by atoms with van der Waals surface area (Å²) in [4.78, 5) is 22.4. The lowest BCUT2D eigenvalue weighted by molar-refractivity contribution is -0.137. The molecule has 0 atom stereocenters. The third-order valence-electron chi connectivity index (χ3n) is 3.23. The first kappa shape index (κ1) is 15.8. The molecule has 22 heavy (non-hydrogen) atoms. The summed E-state index contributed by atoms with van der Waals surface area (Å²) in [6.45, 7) is 0. The molecule has 114 valence electrons. The van der Waals surface area contributed by atoms with Gasteiger partial charge in [0.2, 0.25) is 0 Å². The minimum absolute atomic E-state index is 0.0789. The van der Waals surface area contributed by atoms with Gasteiger partial charge in [-0.05, 0) is 30.2 Å². The first-order valence-corrected chi connectivity index (χ1v) is 6.78. The van der Waals surface area contributed by atoms with Gasteiger partial charge in [0.25, 0.3) is 0 Å². The van der Waals surface area contributed by atoms with Crippen LogP contribution in [0.4, 0.5) is 8.78 Å². The molecule has 3 nitrogen and oxygen atoms in total. The van der Waals surface area contributed by atoms with E-state index in [-0.39, 0.29) is 36.2 Å². The maximum Gasteiger partial charge on any atom is 0.303 e. The van der Waals surface area contributed by atoms with Gasteiger partial charge in [-0.15, -0.1) is 0 Å². The van der Waals surface area contributed by atoms with Crippen LogP contribution in [0.1, 0.15) is 29.6 Å². The Morgan fingerprint density at radius 3 is 2.23 bits per heavy atom. The molecule has 0 aliphatic carbocycles. The van der Waals surface area contributed by atoms with Crippen molar-refractivity contribution in [1.82, 2.24) is 0 Å². The molecular formula is C17H14F2O3. The molecule has 0 aromatic heterocycles. The fourth-order valence-electron chi connectivity index (χ4n) is 2.17. The summed E-state index contributed by atoms with van der Waals surface area (Å²) >= 11 is 0. The predicted molar refractivity (Wildman–Crippen MR) is 77.6 cm³/mol. The van der Waals surface area contributed by atoms with Crippen LogP contribution in [0, 0.1) is 11.6 Å². The topological polar surface area (TPSA) is 54.4 Å². The summed E-state index contributed by atoms with van der Waals surface area (Å²) in [6, 6.07) is 9.62. The van der Waals surface area contributed by atoms with Crippen molar-refractivity contribution < 1.29 is 23.5 Å². The summed E-state index contributed by atoms with van der Waals surface area (Å²) in [5.41, 5.74) is 0.410. The van der Waals surface area contributed by atoms with Crippen LogP contribution < -0.4 is 0 Å². The number of carboxylic acid groups (broad SMARTS) is 1. The smallest absolute Gasteiger partial charge is 0.303 e. The molecule has 5 heteroatoms. The predicted octanol–water partition coefficient (Wildman–Crippen LogP) is 4.07. The molecule has 1 N–H and O–H groups in total. The van der Waals surface area contributed by atoms with Crippen molar-refractivity contribution >= 4 is 11.8 Å². The SMILES string of the molecule is O=C(O)CCCC(=O)c1cccc(-c2c(F)cccc2F)c1. The number of aliphatic carboxylic acids is 1. The van der Waals surface area contributed by atoms with Gasteiger partial charge in [0.15, 0.2) is 5.78 Å². The summed E-state index contributed by atoms with van der Waals surface area (Å²) in [5, 5.41) is 8.56. The average molecular weight is 304 g/mol. The third-order valence-corrected chi connectivity index (χ3v) is 3.23. The minimum Gasteiger partial charge on any atom is -0.481 e. The molecule has 0 spiro atoms. The van der Waals surface area contributed by atoms with E-state index in [2.05, 4.69) is 0 Å². The van der Waals surface area contributed by atoms with E-state index in [1.54, 1.807) is 12.1 Å². The zero-order chi connectivity index (χ0) is 16.1. The Labute approximate surface area is 126 Å². The summed E-state index contributed by atoms with van der Waals surface area (Å²) in [5.74, 6) is -2.61. The van der Waals surface area contributed by atoms with Crippen LogP contribution in [0.5, 0.6) is 0 Å². The Morgan fingerprint density at radius 1 is 0.955 bits per heavy atom. The number of halogens is 2. The van der Waals surface area contributed by atoms with Crippen molar-refractivity contribution in [2.75, 3.05) is 0 Å². The molecular weight excluding hydrogens is 290 g/mol. The Bertz CT molecular complexity index is 691. The minimum atomic E-state index is -0.963. The maximum atomic E-state index is 13.8. The van der Waals surface area contributed by atoms with E-state index in [0.29, 0.717) is 5.56 Å². The lowest BCUT2D eigenvalue weighted by Crippen LogP contribution is -2.02. The van der Waals surface area contributed by atoms with Crippen LogP contribution in [0.15, 0.2) is 42.5 Å². The van der Waals surface area contributed by atoms with Gasteiger partial charge in [0.05, 0.1) is 5.56 Å². The van der Waals surface area contributed by atoms with Gasteiger partial charge in [0.1, 0.15) is 11.6 Å². The van der Waals surface area contributed by atoms with Gasteiger partial charge in [-0.1, -0.05) is 24.3 Å². The van der Waals surface area contributed by atoms with E-state index in [1.807, 2.05) is 0 Å². The molecule has 2 rings (SSSR count). The van der Waals surface area contributed by atoms with E-state index in [1.165, 1.54) is 18.2 Å². The van der Waals surface area contributed by atoms with Crippen molar-refractivity contribution in [3.63, 3.8) is 0 Å². The fraction of sp³-hybridized carbons (Fsp3) is 0.176. The number of benzene rings is 2. The molecule has 0 aliphatic heterocycles. The molecule has 0 aliphatic rings. The van der Waals surface area contributed by atoms with Crippen molar-refractivity contribution in [3.8, 4) is 11.1 Å². The molecule has 0 amide bonds. The van der Waals surface area contributed by atoms with E-state index in [4.69, 9.17) is 5.11 Å². The highest BCUT2D eigenvalue weighted by atomic mass is 19.1. The number of ketones is 1.